The summed E-state index contributed by atoms with van der Waals surface area (Å²) in [6, 6.07) is 3.55. The maximum Gasteiger partial charge on any atom is 0.433 e. The molecule has 2 heterocycles. The van der Waals surface area contributed by atoms with Crippen LogP contribution in [0.3, 0.4) is 0 Å². The zero-order valence-electron chi connectivity index (χ0n) is 19.3. The highest BCUT2D eigenvalue weighted by molar-refractivity contribution is 7.90. The van der Waals surface area contributed by atoms with Gasteiger partial charge >= 0.3 is 6.18 Å². The van der Waals surface area contributed by atoms with Gasteiger partial charge < -0.3 is 14.9 Å². The van der Waals surface area contributed by atoms with E-state index in [1.54, 1.807) is 11.8 Å². The third-order valence-corrected chi connectivity index (χ3v) is 7.05. The SMILES string of the molecule is CC[C@@H](O)c1cnc(N2CCN(c3ccc(F)c(S(C)(=O)=O)c3)C[C@H]2C(C)C)nc1C(F)(F)F. The number of benzene rings is 1. The molecule has 1 aliphatic heterocycles. The van der Waals surface area contributed by atoms with E-state index in [0.29, 0.717) is 18.8 Å². The molecule has 2 atom stereocenters. The molecule has 1 N–H and O–H groups in total. The third-order valence-electron chi connectivity index (χ3n) is 5.94. The minimum absolute atomic E-state index is 0.0172. The fourth-order valence-corrected chi connectivity index (χ4v) is 4.80. The molecule has 2 aromatic rings. The largest absolute Gasteiger partial charge is 0.433 e. The summed E-state index contributed by atoms with van der Waals surface area (Å²) in [5.41, 5.74) is -1.02. The number of sulfone groups is 1. The molecule has 1 saturated heterocycles. The van der Waals surface area contributed by atoms with Crippen molar-refractivity contribution in [1.29, 1.82) is 0 Å². The molecule has 12 heteroatoms. The summed E-state index contributed by atoms with van der Waals surface area (Å²) in [6.07, 6.45) is -4.04. The van der Waals surface area contributed by atoms with Crippen molar-refractivity contribution in [2.24, 2.45) is 5.92 Å². The molecule has 0 saturated carbocycles. The second kappa shape index (κ2) is 9.65. The molecule has 1 aromatic carbocycles. The van der Waals surface area contributed by atoms with Crippen LogP contribution in [0, 0.1) is 11.7 Å². The number of halogens is 4. The van der Waals surface area contributed by atoms with Gasteiger partial charge in [0.05, 0.1) is 12.1 Å². The fraction of sp³-hybridized carbons (Fsp3) is 0.545. The number of aromatic nitrogens is 2. The summed E-state index contributed by atoms with van der Waals surface area (Å²) >= 11 is 0. The summed E-state index contributed by atoms with van der Waals surface area (Å²) in [4.78, 5) is 11.1. The fourth-order valence-electron chi connectivity index (χ4n) is 4.05. The van der Waals surface area contributed by atoms with Gasteiger partial charge in [-0.05, 0) is 30.5 Å². The Hall–Kier alpha value is -2.47. The molecule has 1 aliphatic rings. The molecule has 0 radical (unpaired) electrons. The van der Waals surface area contributed by atoms with Gasteiger partial charge in [0.25, 0.3) is 0 Å². The van der Waals surface area contributed by atoms with E-state index in [1.807, 2.05) is 18.7 Å². The number of hydrogen-bond donors (Lipinski definition) is 1. The average molecular weight is 505 g/mol. The van der Waals surface area contributed by atoms with Crippen molar-refractivity contribution < 1.29 is 31.1 Å². The molecule has 0 unspecified atom stereocenters. The Kier molecular flexibility index (Phi) is 7.42. The summed E-state index contributed by atoms with van der Waals surface area (Å²) in [5, 5.41) is 10.0. The summed E-state index contributed by atoms with van der Waals surface area (Å²) < 4.78 is 78.9. The van der Waals surface area contributed by atoms with Gasteiger partial charge in [0.2, 0.25) is 5.95 Å². The van der Waals surface area contributed by atoms with Crippen molar-refractivity contribution in [1.82, 2.24) is 9.97 Å². The number of aliphatic hydroxyl groups excluding tert-OH is 1. The van der Waals surface area contributed by atoms with Gasteiger partial charge in [-0.25, -0.2) is 22.8 Å². The normalized spacial score (nSPS) is 18.5. The van der Waals surface area contributed by atoms with Crippen molar-refractivity contribution in [2.75, 3.05) is 35.7 Å². The highest BCUT2D eigenvalue weighted by atomic mass is 32.2. The van der Waals surface area contributed by atoms with E-state index >= 15 is 0 Å². The smallest absolute Gasteiger partial charge is 0.388 e. The zero-order valence-corrected chi connectivity index (χ0v) is 20.2. The molecule has 0 bridgehead atoms. The van der Waals surface area contributed by atoms with Crippen LogP contribution in [0.5, 0.6) is 0 Å². The van der Waals surface area contributed by atoms with E-state index in [4.69, 9.17) is 0 Å². The standard InChI is InChI=1S/C22H28F4N4O3S/c1-5-18(31)15-11-27-21(28-20(15)22(24,25)26)30-9-8-29(12-17(30)13(2)3)14-6-7-16(23)19(10-14)34(4,32)33/h6-7,10-11,13,17-18,31H,5,8-9,12H2,1-4H3/t17-,18+/m0/s1. The maximum atomic E-state index is 14.0. The highest BCUT2D eigenvalue weighted by Crippen LogP contribution is 2.36. The number of alkyl halides is 3. The molecule has 188 valence electrons. The zero-order chi connectivity index (χ0) is 25.4. The second-order valence-corrected chi connectivity index (χ2v) is 10.7. The Balaban J connectivity index is 1.95. The van der Waals surface area contributed by atoms with E-state index in [2.05, 4.69) is 9.97 Å². The van der Waals surface area contributed by atoms with Crippen LogP contribution in [-0.2, 0) is 16.0 Å². The quantitative estimate of drug-likeness (QED) is 0.599. The number of piperazine rings is 1. The topological polar surface area (TPSA) is 86.6 Å². The van der Waals surface area contributed by atoms with Crippen LogP contribution in [0.2, 0.25) is 0 Å². The molecule has 34 heavy (non-hydrogen) atoms. The molecular weight excluding hydrogens is 476 g/mol. The summed E-state index contributed by atoms with van der Waals surface area (Å²) in [5.74, 6) is -0.946. The van der Waals surface area contributed by atoms with E-state index in [1.165, 1.54) is 12.1 Å². The van der Waals surface area contributed by atoms with Crippen molar-refractivity contribution in [3.8, 4) is 0 Å². The van der Waals surface area contributed by atoms with Crippen molar-refractivity contribution >= 4 is 21.5 Å². The summed E-state index contributed by atoms with van der Waals surface area (Å²) in [6.45, 7) is 6.33. The monoisotopic (exact) mass is 504 g/mol. The van der Waals surface area contributed by atoms with Gasteiger partial charge in [0, 0.05) is 43.3 Å². The third kappa shape index (κ3) is 5.43. The first-order chi connectivity index (χ1) is 15.7. The van der Waals surface area contributed by atoms with Crippen LogP contribution < -0.4 is 9.80 Å². The Morgan fingerprint density at radius 2 is 1.91 bits per heavy atom. The molecule has 7 nitrogen and oxygen atoms in total. The van der Waals surface area contributed by atoms with Gasteiger partial charge in [0.15, 0.2) is 15.5 Å². The first-order valence-corrected chi connectivity index (χ1v) is 12.8. The van der Waals surface area contributed by atoms with Crippen LogP contribution >= 0.6 is 0 Å². The molecule has 1 aromatic heterocycles. The van der Waals surface area contributed by atoms with Crippen LogP contribution in [-0.4, -0.2) is 55.4 Å². The number of nitrogens with zero attached hydrogens (tertiary/aromatic N) is 4. The Morgan fingerprint density at radius 1 is 1.24 bits per heavy atom. The van der Waals surface area contributed by atoms with E-state index in [-0.39, 0.29) is 36.4 Å². The first-order valence-electron chi connectivity index (χ1n) is 10.9. The van der Waals surface area contributed by atoms with E-state index in [0.717, 1.165) is 18.5 Å². The average Bonchev–Trinajstić information content (AvgIpc) is 2.76. The minimum Gasteiger partial charge on any atom is -0.388 e. The van der Waals surface area contributed by atoms with Crippen LogP contribution in [0.15, 0.2) is 29.3 Å². The van der Waals surface area contributed by atoms with Crippen molar-refractivity contribution in [3.63, 3.8) is 0 Å². The van der Waals surface area contributed by atoms with Crippen LogP contribution in [0.25, 0.3) is 0 Å². The van der Waals surface area contributed by atoms with Gasteiger partial charge in [0.1, 0.15) is 10.7 Å². The summed E-state index contributed by atoms with van der Waals surface area (Å²) in [7, 11) is -3.77. The molecule has 3 rings (SSSR count). The van der Waals surface area contributed by atoms with Gasteiger partial charge in [-0.15, -0.1) is 0 Å². The van der Waals surface area contributed by atoms with Gasteiger partial charge in [-0.2, -0.15) is 13.2 Å². The highest BCUT2D eigenvalue weighted by Gasteiger charge is 2.39. The van der Waals surface area contributed by atoms with E-state index < -0.39 is 38.5 Å². The van der Waals surface area contributed by atoms with Gasteiger partial charge in [-0.1, -0.05) is 20.8 Å². The lowest BCUT2D eigenvalue weighted by Crippen LogP contribution is -2.56. The predicted molar refractivity (Wildman–Crippen MR) is 120 cm³/mol. The number of hydrogen-bond acceptors (Lipinski definition) is 7. The first kappa shape index (κ1) is 26.1. The number of rotatable bonds is 6. The van der Waals surface area contributed by atoms with Crippen LogP contribution in [0.4, 0.5) is 29.2 Å². The molecular formula is C22H28F4N4O3S. The predicted octanol–water partition coefficient (Wildman–Crippen LogP) is 3.83. The minimum atomic E-state index is -4.76. The van der Waals surface area contributed by atoms with Crippen molar-refractivity contribution in [3.05, 3.63) is 41.5 Å². The Labute approximate surface area is 196 Å². The lowest BCUT2D eigenvalue weighted by Gasteiger charge is -2.44. The second-order valence-electron chi connectivity index (χ2n) is 8.73. The number of anilines is 2. The lowest BCUT2D eigenvalue weighted by molar-refractivity contribution is -0.142. The lowest BCUT2D eigenvalue weighted by atomic mass is 9.99. The molecule has 0 amide bonds. The molecule has 0 spiro atoms. The van der Waals surface area contributed by atoms with E-state index in [9.17, 15) is 31.1 Å². The van der Waals surface area contributed by atoms with Crippen molar-refractivity contribution in [2.45, 2.75) is 50.4 Å². The molecule has 0 aliphatic carbocycles. The number of aliphatic hydroxyl groups is 1. The Morgan fingerprint density at radius 3 is 2.47 bits per heavy atom. The maximum absolute atomic E-state index is 14.0. The van der Waals surface area contributed by atoms with Crippen LogP contribution in [0.1, 0.15) is 44.6 Å². The van der Waals surface area contributed by atoms with Gasteiger partial charge in [-0.3, -0.25) is 0 Å². The molecule has 1 fully saturated rings. The Bertz CT molecular complexity index is 1140.